The summed E-state index contributed by atoms with van der Waals surface area (Å²) in [4.78, 5) is 27.0. The monoisotopic (exact) mass is 548 g/mol. The van der Waals surface area contributed by atoms with Crippen molar-refractivity contribution in [2.75, 3.05) is 5.43 Å². The van der Waals surface area contributed by atoms with Gasteiger partial charge in [-0.1, -0.05) is 15.9 Å². The summed E-state index contributed by atoms with van der Waals surface area (Å²) in [6.45, 7) is 0. The molecule has 30 heavy (non-hydrogen) atoms. The van der Waals surface area contributed by atoms with Crippen LogP contribution in [-0.2, 0) is 0 Å². The van der Waals surface area contributed by atoms with Crippen LogP contribution in [0.25, 0.3) is 22.2 Å². The number of rotatable bonds is 5. The fraction of sp³-hybridized carbons (Fsp3) is 0. The Bertz CT molecular complexity index is 1350. The van der Waals surface area contributed by atoms with Gasteiger partial charge in [0.2, 0.25) is 5.13 Å². The van der Waals surface area contributed by atoms with E-state index in [0.29, 0.717) is 32.0 Å². The molecule has 0 saturated carbocycles. The molecule has 0 amide bonds. The van der Waals surface area contributed by atoms with Gasteiger partial charge >= 0.3 is 5.63 Å². The van der Waals surface area contributed by atoms with Crippen molar-refractivity contribution in [3.05, 3.63) is 82.9 Å². The number of nitrogens with one attached hydrogen (secondary N) is 1. The number of hydrazone groups is 1. The van der Waals surface area contributed by atoms with Gasteiger partial charge in [0.25, 0.3) is 5.69 Å². The van der Waals surface area contributed by atoms with Crippen molar-refractivity contribution in [1.82, 2.24) is 4.98 Å². The average molecular weight is 550 g/mol. The highest BCUT2D eigenvalue weighted by atomic mass is 79.9. The molecule has 0 bridgehead atoms. The van der Waals surface area contributed by atoms with Gasteiger partial charge < -0.3 is 4.42 Å². The molecule has 0 aliphatic rings. The lowest BCUT2D eigenvalue weighted by molar-refractivity contribution is -0.384. The smallest absolute Gasteiger partial charge is 0.345 e. The van der Waals surface area contributed by atoms with E-state index in [2.05, 4.69) is 47.4 Å². The van der Waals surface area contributed by atoms with E-state index in [0.717, 1.165) is 9.86 Å². The maximum atomic E-state index is 12.4. The van der Waals surface area contributed by atoms with Gasteiger partial charge in [-0.2, -0.15) is 5.10 Å². The van der Waals surface area contributed by atoms with Crippen LogP contribution in [-0.4, -0.2) is 16.1 Å². The predicted octanol–water partition coefficient (Wildman–Crippen LogP) is 5.80. The standard InChI is InChI=1S/C19H10Br2N4O4S/c20-12-5-11-6-14(18(26)29-17(11)15(21)7-12)16-9-30-19(23-16)24-22-8-10-1-3-13(4-2-10)25(27)28/h1-9H,(H,23,24)/b22-8+. The van der Waals surface area contributed by atoms with Crippen LogP contribution in [0.3, 0.4) is 0 Å². The van der Waals surface area contributed by atoms with Crippen LogP contribution >= 0.6 is 43.2 Å². The Morgan fingerprint density at radius 2 is 1.97 bits per heavy atom. The van der Waals surface area contributed by atoms with E-state index in [-0.39, 0.29) is 5.69 Å². The highest BCUT2D eigenvalue weighted by molar-refractivity contribution is 9.11. The van der Waals surface area contributed by atoms with Gasteiger partial charge in [0.15, 0.2) is 5.58 Å². The molecule has 0 radical (unpaired) electrons. The molecule has 1 N–H and O–H groups in total. The molecule has 2 heterocycles. The first kappa shape index (κ1) is 20.4. The lowest BCUT2D eigenvalue weighted by Crippen LogP contribution is -2.03. The van der Waals surface area contributed by atoms with Crippen molar-refractivity contribution in [3.8, 4) is 11.3 Å². The SMILES string of the molecule is O=c1oc2c(Br)cc(Br)cc2cc1-c1csc(N/N=C/c2ccc([N+](=O)[O-])cc2)n1. The van der Waals surface area contributed by atoms with Gasteiger partial charge in [0.1, 0.15) is 0 Å². The van der Waals surface area contributed by atoms with Crippen molar-refractivity contribution in [2.24, 2.45) is 5.10 Å². The summed E-state index contributed by atoms with van der Waals surface area (Å²) in [5.41, 5.74) is 4.29. The van der Waals surface area contributed by atoms with E-state index in [1.165, 1.54) is 29.7 Å². The quantitative estimate of drug-likeness (QED) is 0.146. The molecular formula is C19H10Br2N4O4S. The van der Waals surface area contributed by atoms with Crippen molar-refractivity contribution >= 4 is 71.2 Å². The molecule has 2 aromatic heterocycles. The summed E-state index contributed by atoms with van der Waals surface area (Å²) < 4.78 is 6.98. The molecule has 0 unspecified atom stereocenters. The second-order valence-electron chi connectivity index (χ2n) is 6.01. The predicted molar refractivity (Wildman–Crippen MR) is 123 cm³/mol. The Morgan fingerprint density at radius 3 is 2.70 bits per heavy atom. The summed E-state index contributed by atoms with van der Waals surface area (Å²) in [5, 5.41) is 17.7. The van der Waals surface area contributed by atoms with Gasteiger partial charge in [-0.15, -0.1) is 11.3 Å². The van der Waals surface area contributed by atoms with Gasteiger partial charge in [-0.05, 0) is 51.8 Å². The topological polar surface area (TPSA) is 111 Å². The van der Waals surface area contributed by atoms with Crippen LogP contribution in [0.1, 0.15) is 5.56 Å². The summed E-state index contributed by atoms with van der Waals surface area (Å²) in [7, 11) is 0. The summed E-state index contributed by atoms with van der Waals surface area (Å²) in [6.07, 6.45) is 1.52. The number of hydrogen-bond acceptors (Lipinski definition) is 8. The summed E-state index contributed by atoms with van der Waals surface area (Å²) >= 11 is 8.09. The molecule has 4 aromatic rings. The number of nitrogens with zero attached hydrogens (tertiary/aromatic N) is 3. The Balaban J connectivity index is 1.55. The van der Waals surface area contributed by atoms with E-state index in [9.17, 15) is 14.9 Å². The molecule has 11 heteroatoms. The van der Waals surface area contributed by atoms with E-state index >= 15 is 0 Å². The molecule has 0 saturated heterocycles. The molecule has 0 fully saturated rings. The Labute approximate surface area is 189 Å². The van der Waals surface area contributed by atoms with Gasteiger partial charge in [-0.3, -0.25) is 15.5 Å². The van der Waals surface area contributed by atoms with E-state index in [1.54, 1.807) is 29.6 Å². The van der Waals surface area contributed by atoms with E-state index in [4.69, 9.17) is 4.42 Å². The van der Waals surface area contributed by atoms with Crippen molar-refractivity contribution in [1.29, 1.82) is 0 Å². The maximum Gasteiger partial charge on any atom is 0.345 e. The highest BCUT2D eigenvalue weighted by Gasteiger charge is 2.13. The Hall–Kier alpha value is -2.89. The minimum absolute atomic E-state index is 0.0120. The first-order valence-electron chi connectivity index (χ1n) is 8.33. The summed E-state index contributed by atoms with van der Waals surface area (Å²) in [5.74, 6) is 0. The number of hydrogen-bond donors (Lipinski definition) is 1. The van der Waals surface area contributed by atoms with Gasteiger partial charge in [0.05, 0.1) is 26.9 Å². The fourth-order valence-corrected chi connectivity index (χ4v) is 4.63. The molecule has 0 atom stereocenters. The number of halogens is 2. The molecule has 150 valence electrons. The minimum atomic E-state index is -0.489. The van der Waals surface area contributed by atoms with E-state index in [1.807, 2.05) is 6.07 Å². The highest BCUT2D eigenvalue weighted by Crippen LogP contribution is 2.31. The lowest BCUT2D eigenvalue weighted by Gasteiger charge is -2.03. The van der Waals surface area contributed by atoms with Crippen LogP contribution in [0.15, 0.2) is 71.1 Å². The Kier molecular flexibility index (Phi) is 5.75. The van der Waals surface area contributed by atoms with Crippen LogP contribution in [0, 0.1) is 10.1 Å². The molecular weight excluding hydrogens is 540 g/mol. The molecule has 2 aromatic carbocycles. The normalized spacial score (nSPS) is 11.3. The maximum absolute atomic E-state index is 12.4. The zero-order valence-corrected chi connectivity index (χ0v) is 18.8. The Morgan fingerprint density at radius 1 is 1.20 bits per heavy atom. The second kappa shape index (κ2) is 8.46. The number of aromatic nitrogens is 1. The number of nitro groups is 1. The van der Waals surface area contributed by atoms with Gasteiger partial charge in [-0.25, -0.2) is 9.78 Å². The zero-order valence-electron chi connectivity index (χ0n) is 14.8. The fourth-order valence-electron chi connectivity index (χ4n) is 2.63. The largest absolute Gasteiger partial charge is 0.421 e. The van der Waals surface area contributed by atoms with Crippen LogP contribution in [0.2, 0.25) is 0 Å². The number of benzene rings is 2. The summed E-state index contributed by atoms with van der Waals surface area (Å²) in [6, 6.07) is 11.4. The first-order chi connectivity index (χ1) is 14.4. The first-order valence-corrected chi connectivity index (χ1v) is 10.8. The number of non-ortho nitro benzene ring substituents is 1. The zero-order chi connectivity index (χ0) is 21.3. The van der Waals surface area contributed by atoms with Crippen molar-refractivity contribution < 1.29 is 9.34 Å². The lowest BCUT2D eigenvalue weighted by atomic mass is 10.1. The third-order valence-electron chi connectivity index (χ3n) is 4.01. The van der Waals surface area contributed by atoms with Crippen LogP contribution in [0.5, 0.6) is 0 Å². The molecule has 8 nitrogen and oxygen atoms in total. The third kappa shape index (κ3) is 4.32. The van der Waals surface area contributed by atoms with E-state index < -0.39 is 10.5 Å². The molecule has 0 aliphatic carbocycles. The second-order valence-corrected chi connectivity index (χ2v) is 8.64. The third-order valence-corrected chi connectivity index (χ3v) is 5.80. The average Bonchev–Trinajstić information content (AvgIpc) is 3.17. The number of nitro benzene ring substituents is 1. The molecule has 0 spiro atoms. The number of fused-ring (bicyclic) bond motifs is 1. The number of anilines is 1. The van der Waals surface area contributed by atoms with Crippen molar-refractivity contribution in [2.45, 2.75) is 0 Å². The number of thiazole rings is 1. The van der Waals surface area contributed by atoms with Gasteiger partial charge in [0, 0.05) is 27.4 Å². The van der Waals surface area contributed by atoms with Crippen molar-refractivity contribution in [3.63, 3.8) is 0 Å². The molecule has 0 aliphatic heterocycles. The molecule has 4 rings (SSSR count). The minimum Gasteiger partial charge on any atom is -0.421 e. The van der Waals surface area contributed by atoms with Crippen LogP contribution < -0.4 is 11.1 Å². The van der Waals surface area contributed by atoms with Crippen LogP contribution in [0.4, 0.5) is 10.8 Å².